The zero-order chi connectivity index (χ0) is 15.4. The lowest BCUT2D eigenvalue weighted by molar-refractivity contribution is -0.184. The number of hydrogen-bond donors (Lipinski definition) is 0. The summed E-state index contributed by atoms with van der Waals surface area (Å²) >= 11 is 0. The third-order valence-corrected chi connectivity index (χ3v) is 2.53. The molecule has 0 N–H and O–H groups in total. The maximum absolute atomic E-state index is 11.7. The van der Waals surface area contributed by atoms with Crippen molar-refractivity contribution in [2.75, 3.05) is 13.6 Å². The summed E-state index contributed by atoms with van der Waals surface area (Å²) in [4.78, 5) is 25.0. The van der Waals surface area contributed by atoms with Crippen molar-refractivity contribution in [3.63, 3.8) is 0 Å². The van der Waals surface area contributed by atoms with Gasteiger partial charge in [0.25, 0.3) is 0 Å². The molecule has 0 unspecified atom stereocenters. The highest BCUT2D eigenvalue weighted by molar-refractivity contribution is 5.73. The van der Waals surface area contributed by atoms with Gasteiger partial charge in [0.05, 0.1) is 12.5 Å². The molecule has 0 rings (SSSR count). The Kier molecular flexibility index (Phi) is 6.00. The van der Waals surface area contributed by atoms with Crippen LogP contribution in [0.25, 0.3) is 0 Å². The Hall–Kier alpha value is -1.10. The van der Waals surface area contributed by atoms with E-state index in [1.54, 1.807) is 39.6 Å². The molecule has 0 aromatic rings. The van der Waals surface area contributed by atoms with Crippen LogP contribution in [0.2, 0.25) is 0 Å². The second-order valence-corrected chi connectivity index (χ2v) is 6.47. The van der Waals surface area contributed by atoms with Gasteiger partial charge in [-0.1, -0.05) is 13.8 Å². The van der Waals surface area contributed by atoms with Crippen LogP contribution in [0.5, 0.6) is 0 Å². The first-order valence-electron chi connectivity index (χ1n) is 6.51. The van der Waals surface area contributed by atoms with Crippen LogP contribution < -0.4 is 0 Å². The van der Waals surface area contributed by atoms with Gasteiger partial charge in [-0.2, -0.15) is 0 Å². The molecule has 0 bridgehead atoms. The molecule has 0 aromatic carbocycles. The van der Waals surface area contributed by atoms with Crippen molar-refractivity contribution in [1.29, 1.82) is 0 Å². The number of rotatable bonds is 5. The molecule has 0 aliphatic heterocycles. The maximum Gasteiger partial charge on any atom is 0.320 e. The Morgan fingerprint density at radius 1 is 1.05 bits per heavy atom. The van der Waals surface area contributed by atoms with Crippen LogP contribution in [0.1, 0.15) is 48.5 Å². The molecular weight excluding hydrogens is 246 g/mol. The Bertz CT molecular complexity index is 329. The van der Waals surface area contributed by atoms with E-state index in [1.807, 2.05) is 20.8 Å². The topological polar surface area (TPSA) is 55.8 Å². The number of nitrogens with zero attached hydrogens (tertiary/aromatic N) is 1. The van der Waals surface area contributed by atoms with Crippen molar-refractivity contribution in [1.82, 2.24) is 4.90 Å². The second kappa shape index (κ2) is 6.37. The van der Waals surface area contributed by atoms with Gasteiger partial charge >= 0.3 is 11.9 Å². The lowest BCUT2D eigenvalue weighted by Crippen LogP contribution is -2.48. The summed E-state index contributed by atoms with van der Waals surface area (Å²) in [6.07, 6.45) is 0. The third-order valence-electron chi connectivity index (χ3n) is 2.53. The van der Waals surface area contributed by atoms with Crippen molar-refractivity contribution in [2.45, 2.75) is 59.8 Å². The molecule has 0 saturated heterocycles. The van der Waals surface area contributed by atoms with Crippen molar-refractivity contribution in [2.24, 2.45) is 5.92 Å². The first kappa shape index (κ1) is 17.9. The Morgan fingerprint density at radius 2 is 1.53 bits per heavy atom. The van der Waals surface area contributed by atoms with Crippen LogP contribution in [0.15, 0.2) is 0 Å². The molecule has 0 amide bonds. The highest BCUT2D eigenvalue weighted by Gasteiger charge is 2.31. The van der Waals surface area contributed by atoms with E-state index < -0.39 is 11.3 Å². The minimum Gasteiger partial charge on any atom is -0.459 e. The van der Waals surface area contributed by atoms with Crippen molar-refractivity contribution >= 4 is 11.9 Å². The predicted octanol–water partition coefficient (Wildman–Crippen LogP) is 2.20. The maximum atomic E-state index is 11.7. The fourth-order valence-corrected chi connectivity index (χ4v) is 1.20. The van der Waals surface area contributed by atoms with Crippen LogP contribution in [0, 0.1) is 5.92 Å². The van der Waals surface area contributed by atoms with Gasteiger partial charge in [0.15, 0.2) is 5.72 Å². The molecule has 0 spiro atoms. The van der Waals surface area contributed by atoms with Gasteiger partial charge in [0.2, 0.25) is 0 Å². The number of esters is 2. The largest absolute Gasteiger partial charge is 0.459 e. The standard InChI is InChI=1S/C14H27NO4/c1-10(2)12(17)19-14(6,7)15(8)9-11(16)18-13(3,4)5/h10H,9H2,1-8H3. The van der Waals surface area contributed by atoms with Gasteiger partial charge in [-0.25, -0.2) is 0 Å². The third kappa shape index (κ3) is 7.15. The van der Waals surface area contributed by atoms with Crippen LogP contribution in [-0.2, 0) is 19.1 Å². The van der Waals surface area contributed by atoms with E-state index in [2.05, 4.69) is 0 Å². The minimum atomic E-state index is -0.849. The van der Waals surface area contributed by atoms with Gasteiger partial charge in [0.1, 0.15) is 5.60 Å². The zero-order valence-corrected chi connectivity index (χ0v) is 13.4. The molecule has 0 aromatic heterocycles. The molecule has 0 radical (unpaired) electrons. The van der Waals surface area contributed by atoms with E-state index in [9.17, 15) is 9.59 Å². The molecule has 112 valence electrons. The molecule has 5 nitrogen and oxygen atoms in total. The predicted molar refractivity (Wildman–Crippen MR) is 73.5 cm³/mol. The SMILES string of the molecule is CC(C)C(=O)OC(C)(C)N(C)CC(=O)OC(C)(C)C. The normalized spacial score (nSPS) is 12.7. The number of likely N-dealkylation sites (N-methyl/N-ethyl adjacent to an activating group) is 1. The van der Waals surface area contributed by atoms with Crippen LogP contribution >= 0.6 is 0 Å². The number of carbonyl (C=O) groups excluding carboxylic acids is 2. The van der Waals surface area contributed by atoms with Gasteiger partial charge < -0.3 is 9.47 Å². The monoisotopic (exact) mass is 273 g/mol. The first-order valence-corrected chi connectivity index (χ1v) is 6.51. The number of hydrogen-bond acceptors (Lipinski definition) is 5. The van der Waals surface area contributed by atoms with Gasteiger partial charge in [-0.05, 0) is 41.7 Å². The fourth-order valence-electron chi connectivity index (χ4n) is 1.20. The second-order valence-electron chi connectivity index (χ2n) is 6.47. The van der Waals surface area contributed by atoms with E-state index >= 15 is 0 Å². The quantitative estimate of drug-likeness (QED) is 0.568. The van der Waals surface area contributed by atoms with E-state index in [0.717, 1.165) is 0 Å². The molecule has 0 atom stereocenters. The molecule has 0 aliphatic carbocycles. The van der Waals surface area contributed by atoms with E-state index in [1.165, 1.54) is 0 Å². The molecule has 0 aliphatic rings. The highest BCUT2D eigenvalue weighted by atomic mass is 16.6. The summed E-state index contributed by atoms with van der Waals surface area (Å²) in [5, 5.41) is 0. The number of carbonyl (C=O) groups is 2. The molecule has 0 fully saturated rings. The van der Waals surface area contributed by atoms with Gasteiger partial charge in [-0.15, -0.1) is 0 Å². The Balaban J connectivity index is 4.51. The summed E-state index contributed by atoms with van der Waals surface area (Å²) in [5.74, 6) is -0.834. The first-order chi connectivity index (χ1) is 8.35. The van der Waals surface area contributed by atoms with Crippen molar-refractivity contribution in [3.05, 3.63) is 0 Å². The summed E-state index contributed by atoms with van der Waals surface area (Å²) in [5.41, 5.74) is -1.37. The van der Waals surface area contributed by atoms with E-state index in [-0.39, 0.29) is 24.4 Å². The fraction of sp³-hybridized carbons (Fsp3) is 0.857. The lowest BCUT2D eigenvalue weighted by atomic mass is 10.2. The molecule has 19 heavy (non-hydrogen) atoms. The molecule has 0 heterocycles. The lowest BCUT2D eigenvalue weighted by Gasteiger charge is -2.35. The number of ether oxygens (including phenoxy) is 2. The summed E-state index contributed by atoms with van der Waals surface area (Å²) < 4.78 is 10.6. The van der Waals surface area contributed by atoms with Crippen LogP contribution in [0.3, 0.4) is 0 Å². The van der Waals surface area contributed by atoms with E-state index in [4.69, 9.17) is 9.47 Å². The van der Waals surface area contributed by atoms with Gasteiger partial charge in [-0.3, -0.25) is 14.5 Å². The zero-order valence-electron chi connectivity index (χ0n) is 13.4. The molecular formula is C14H27NO4. The summed E-state index contributed by atoms with van der Waals surface area (Å²) in [7, 11) is 1.72. The smallest absolute Gasteiger partial charge is 0.320 e. The average molecular weight is 273 g/mol. The summed E-state index contributed by atoms with van der Waals surface area (Å²) in [6.45, 7) is 12.5. The van der Waals surface area contributed by atoms with E-state index in [0.29, 0.717) is 0 Å². The van der Waals surface area contributed by atoms with Crippen molar-refractivity contribution < 1.29 is 19.1 Å². The Morgan fingerprint density at radius 3 is 1.89 bits per heavy atom. The minimum absolute atomic E-state index is 0.0651. The summed E-state index contributed by atoms with van der Waals surface area (Å²) in [6, 6.07) is 0. The van der Waals surface area contributed by atoms with Crippen LogP contribution in [-0.4, -0.2) is 41.8 Å². The van der Waals surface area contributed by atoms with Gasteiger partial charge in [0, 0.05) is 0 Å². The average Bonchev–Trinajstić information content (AvgIpc) is 2.12. The highest BCUT2D eigenvalue weighted by Crippen LogP contribution is 2.17. The molecule has 0 saturated carbocycles. The Labute approximate surface area is 116 Å². The van der Waals surface area contributed by atoms with Crippen LogP contribution in [0.4, 0.5) is 0 Å². The molecule has 5 heteroatoms. The van der Waals surface area contributed by atoms with Crippen molar-refractivity contribution in [3.8, 4) is 0 Å².